The van der Waals surface area contributed by atoms with Crippen molar-refractivity contribution in [1.29, 1.82) is 0 Å². The Morgan fingerprint density at radius 3 is 2.68 bits per heavy atom. The van der Waals surface area contributed by atoms with E-state index in [1.165, 1.54) is 6.92 Å². The number of imidazole rings is 1. The normalized spacial score (nSPS) is 15.3. The maximum absolute atomic E-state index is 11.8. The Morgan fingerprint density at radius 1 is 1.53 bits per heavy atom. The fraction of sp³-hybridized carbons (Fsp3) is 0.583. The van der Waals surface area contributed by atoms with Gasteiger partial charge in [-0.15, -0.1) is 0 Å². The fourth-order valence-electron chi connectivity index (χ4n) is 1.56. The molecular weight excluding hydrogens is 248 g/mol. The fourth-order valence-corrected chi connectivity index (χ4v) is 1.56. The molecule has 2 amide bonds. The van der Waals surface area contributed by atoms with E-state index in [0.29, 0.717) is 13.0 Å². The third-order valence-electron chi connectivity index (χ3n) is 2.99. The predicted octanol–water partition coefficient (Wildman–Crippen LogP) is 0.824. The lowest BCUT2D eigenvalue weighted by molar-refractivity contribution is -0.143. The molecule has 0 spiro atoms. The third-order valence-corrected chi connectivity index (χ3v) is 2.99. The Hall–Kier alpha value is -2.05. The molecule has 0 aromatic carbocycles. The number of aromatic nitrogens is 2. The van der Waals surface area contributed by atoms with Gasteiger partial charge in [-0.05, 0) is 20.3 Å². The van der Waals surface area contributed by atoms with Gasteiger partial charge in [-0.2, -0.15) is 0 Å². The van der Waals surface area contributed by atoms with Gasteiger partial charge in [0, 0.05) is 25.0 Å². The summed E-state index contributed by atoms with van der Waals surface area (Å²) in [7, 11) is 0. The molecule has 7 nitrogen and oxygen atoms in total. The highest BCUT2D eigenvalue weighted by molar-refractivity contribution is 5.85. The van der Waals surface area contributed by atoms with Crippen LogP contribution < -0.4 is 10.6 Å². The summed E-state index contributed by atoms with van der Waals surface area (Å²) in [5, 5.41) is 14.2. The van der Waals surface area contributed by atoms with E-state index in [-0.39, 0.29) is 6.04 Å². The number of rotatable bonds is 6. The highest BCUT2D eigenvalue weighted by Gasteiger charge is 2.32. The Bertz CT molecular complexity index is 432. The van der Waals surface area contributed by atoms with E-state index in [4.69, 9.17) is 5.11 Å². The van der Waals surface area contributed by atoms with Gasteiger partial charge in [0.2, 0.25) is 0 Å². The van der Waals surface area contributed by atoms with Crippen molar-refractivity contribution in [3.63, 3.8) is 0 Å². The molecule has 7 heteroatoms. The summed E-state index contributed by atoms with van der Waals surface area (Å²) in [6.45, 7) is 5.60. The molecule has 3 N–H and O–H groups in total. The van der Waals surface area contributed by atoms with Crippen LogP contribution in [0.15, 0.2) is 18.7 Å². The number of amides is 2. The van der Waals surface area contributed by atoms with E-state index in [2.05, 4.69) is 15.6 Å². The van der Waals surface area contributed by atoms with Gasteiger partial charge in [-0.3, -0.25) is 0 Å². The molecule has 2 unspecified atom stereocenters. The number of nitrogens with zero attached hydrogens (tertiary/aromatic N) is 2. The first kappa shape index (κ1) is 15.0. The van der Waals surface area contributed by atoms with Crippen LogP contribution in [-0.2, 0) is 11.3 Å². The van der Waals surface area contributed by atoms with E-state index >= 15 is 0 Å². The van der Waals surface area contributed by atoms with E-state index in [1.807, 2.05) is 11.5 Å². The number of hydrogen-bond acceptors (Lipinski definition) is 3. The van der Waals surface area contributed by atoms with Gasteiger partial charge in [0.05, 0.1) is 6.33 Å². The van der Waals surface area contributed by atoms with Crippen LogP contribution in [0.4, 0.5) is 4.79 Å². The molecule has 2 atom stereocenters. The topological polar surface area (TPSA) is 96.3 Å². The molecule has 0 aliphatic heterocycles. The second-order valence-electron chi connectivity index (χ2n) is 4.75. The summed E-state index contributed by atoms with van der Waals surface area (Å²) in [4.78, 5) is 26.7. The van der Waals surface area contributed by atoms with Crippen LogP contribution in [0.2, 0.25) is 0 Å². The number of carbonyl (C=O) groups is 2. The lowest BCUT2D eigenvalue weighted by Crippen LogP contribution is -2.56. The molecule has 0 saturated carbocycles. The third kappa shape index (κ3) is 4.27. The molecule has 1 rings (SSSR count). The molecular formula is C12H20N4O3. The number of carboxylic acids is 1. The van der Waals surface area contributed by atoms with Gasteiger partial charge in [-0.25, -0.2) is 14.6 Å². The first-order valence-corrected chi connectivity index (χ1v) is 6.15. The van der Waals surface area contributed by atoms with Gasteiger partial charge >= 0.3 is 12.0 Å². The zero-order chi connectivity index (χ0) is 14.5. The molecule has 0 saturated heterocycles. The van der Waals surface area contributed by atoms with Gasteiger partial charge < -0.3 is 20.3 Å². The van der Waals surface area contributed by atoms with Crippen LogP contribution >= 0.6 is 0 Å². The van der Waals surface area contributed by atoms with Crippen LogP contribution in [0.3, 0.4) is 0 Å². The maximum Gasteiger partial charge on any atom is 0.329 e. The van der Waals surface area contributed by atoms with Crippen molar-refractivity contribution < 1.29 is 14.7 Å². The Kier molecular flexibility index (Phi) is 4.91. The zero-order valence-corrected chi connectivity index (χ0v) is 11.4. The number of nitrogens with one attached hydrogen (secondary N) is 2. The van der Waals surface area contributed by atoms with Gasteiger partial charge in [0.1, 0.15) is 5.54 Å². The van der Waals surface area contributed by atoms with E-state index in [0.717, 1.165) is 0 Å². The van der Waals surface area contributed by atoms with Crippen molar-refractivity contribution in [2.75, 3.05) is 0 Å². The summed E-state index contributed by atoms with van der Waals surface area (Å²) in [5.74, 6) is -1.05. The molecule has 0 bridgehead atoms. The summed E-state index contributed by atoms with van der Waals surface area (Å²) >= 11 is 0. The van der Waals surface area contributed by atoms with Crippen molar-refractivity contribution >= 4 is 12.0 Å². The number of aliphatic carboxylic acids is 1. The highest BCUT2D eigenvalue weighted by atomic mass is 16.4. The van der Waals surface area contributed by atoms with Crippen molar-refractivity contribution in [1.82, 2.24) is 20.2 Å². The number of hydrogen-bond donors (Lipinski definition) is 3. The SMILES string of the molecule is CCC(C)(NC(=O)NC(C)Cn1ccnc1)C(=O)O. The Labute approximate surface area is 112 Å². The minimum Gasteiger partial charge on any atom is -0.480 e. The molecule has 19 heavy (non-hydrogen) atoms. The van der Waals surface area contributed by atoms with E-state index in [9.17, 15) is 9.59 Å². The molecule has 0 aliphatic rings. The second-order valence-corrected chi connectivity index (χ2v) is 4.75. The molecule has 1 aromatic heterocycles. The first-order valence-electron chi connectivity index (χ1n) is 6.15. The lowest BCUT2D eigenvalue weighted by Gasteiger charge is -2.26. The minimum atomic E-state index is -1.25. The van der Waals surface area contributed by atoms with Crippen LogP contribution in [0.5, 0.6) is 0 Å². The molecule has 0 fully saturated rings. The molecule has 1 aromatic rings. The minimum absolute atomic E-state index is 0.135. The smallest absolute Gasteiger partial charge is 0.329 e. The quantitative estimate of drug-likeness (QED) is 0.711. The Balaban J connectivity index is 2.48. The Morgan fingerprint density at radius 2 is 2.21 bits per heavy atom. The zero-order valence-electron chi connectivity index (χ0n) is 11.4. The van der Waals surface area contributed by atoms with Crippen LogP contribution in [-0.4, -0.2) is 38.2 Å². The van der Waals surface area contributed by atoms with Crippen LogP contribution in [0.25, 0.3) is 0 Å². The number of urea groups is 1. The van der Waals surface area contributed by atoms with Crippen molar-refractivity contribution in [2.45, 2.75) is 45.3 Å². The lowest BCUT2D eigenvalue weighted by atomic mass is 10.00. The first-order chi connectivity index (χ1) is 8.87. The van der Waals surface area contributed by atoms with Crippen molar-refractivity contribution in [2.24, 2.45) is 0 Å². The summed E-state index contributed by atoms with van der Waals surface area (Å²) in [6.07, 6.45) is 5.42. The molecule has 106 valence electrons. The summed E-state index contributed by atoms with van der Waals surface area (Å²) in [5.41, 5.74) is -1.25. The van der Waals surface area contributed by atoms with Gasteiger partial charge in [0.15, 0.2) is 0 Å². The van der Waals surface area contributed by atoms with Crippen LogP contribution in [0, 0.1) is 0 Å². The summed E-state index contributed by atoms with van der Waals surface area (Å²) < 4.78 is 1.83. The van der Waals surface area contributed by atoms with Crippen molar-refractivity contribution in [3.8, 4) is 0 Å². The molecule has 0 radical (unpaired) electrons. The average molecular weight is 268 g/mol. The second kappa shape index (κ2) is 6.21. The van der Waals surface area contributed by atoms with Gasteiger partial charge in [0.25, 0.3) is 0 Å². The monoisotopic (exact) mass is 268 g/mol. The summed E-state index contributed by atoms with van der Waals surface area (Å²) in [6, 6.07) is -0.622. The number of carboxylic acid groups (broad SMARTS) is 1. The van der Waals surface area contributed by atoms with E-state index < -0.39 is 17.5 Å². The predicted molar refractivity (Wildman–Crippen MR) is 69.7 cm³/mol. The molecule has 1 heterocycles. The van der Waals surface area contributed by atoms with E-state index in [1.54, 1.807) is 25.6 Å². The van der Waals surface area contributed by atoms with Crippen LogP contribution in [0.1, 0.15) is 27.2 Å². The maximum atomic E-state index is 11.8. The van der Waals surface area contributed by atoms with Gasteiger partial charge in [-0.1, -0.05) is 6.92 Å². The van der Waals surface area contributed by atoms with Crippen molar-refractivity contribution in [3.05, 3.63) is 18.7 Å². The largest absolute Gasteiger partial charge is 0.480 e. The number of carbonyl (C=O) groups excluding carboxylic acids is 1. The molecule has 0 aliphatic carbocycles. The average Bonchev–Trinajstić information content (AvgIpc) is 2.80. The standard InChI is InChI=1S/C12H20N4O3/c1-4-12(3,10(17)18)15-11(19)14-9(2)7-16-6-5-13-8-16/h5-6,8-9H,4,7H2,1-3H3,(H,17,18)(H2,14,15,19). The highest BCUT2D eigenvalue weighted by Crippen LogP contribution is 2.08.